The maximum absolute atomic E-state index is 6.23. The van der Waals surface area contributed by atoms with Crippen LogP contribution in [-0.4, -0.2) is 15.8 Å². The molecule has 0 spiro atoms. The first kappa shape index (κ1) is 15.2. The summed E-state index contributed by atoms with van der Waals surface area (Å²) in [6.07, 6.45) is 6.34. The predicted molar refractivity (Wildman–Crippen MR) is 85.9 cm³/mol. The first-order valence-electron chi connectivity index (χ1n) is 8.14. The molecule has 1 aliphatic rings. The van der Waals surface area contributed by atoms with Gasteiger partial charge in [0.15, 0.2) is 0 Å². The summed E-state index contributed by atoms with van der Waals surface area (Å²) in [5.41, 5.74) is 7.99. The zero-order valence-electron chi connectivity index (χ0n) is 13.4. The molecule has 1 aromatic rings. The quantitative estimate of drug-likeness (QED) is 0.861. The molecule has 0 radical (unpaired) electrons. The van der Waals surface area contributed by atoms with E-state index in [0.717, 1.165) is 42.0 Å². The summed E-state index contributed by atoms with van der Waals surface area (Å²) >= 11 is 0. The Balaban J connectivity index is 2.19. The SMILES string of the molecule is CCCn1nc(C)c(N)c1NC1CCCCC1C(C)C. The van der Waals surface area contributed by atoms with Crippen molar-refractivity contribution in [3.05, 3.63) is 5.69 Å². The number of nitrogens with one attached hydrogen (secondary N) is 1. The van der Waals surface area contributed by atoms with Gasteiger partial charge < -0.3 is 11.1 Å². The van der Waals surface area contributed by atoms with E-state index in [1.165, 1.54) is 25.7 Å². The Kier molecular flexibility index (Phi) is 4.95. The molecule has 20 heavy (non-hydrogen) atoms. The molecular formula is C16H30N4. The van der Waals surface area contributed by atoms with E-state index < -0.39 is 0 Å². The second-order valence-corrected chi connectivity index (χ2v) is 6.51. The van der Waals surface area contributed by atoms with E-state index in [4.69, 9.17) is 5.73 Å². The summed E-state index contributed by atoms with van der Waals surface area (Å²) in [6.45, 7) is 9.77. The maximum atomic E-state index is 6.23. The molecule has 2 rings (SSSR count). The average molecular weight is 278 g/mol. The Labute approximate surface area is 123 Å². The second-order valence-electron chi connectivity index (χ2n) is 6.51. The molecule has 4 nitrogen and oxygen atoms in total. The lowest BCUT2D eigenvalue weighted by atomic mass is 9.78. The molecule has 1 fully saturated rings. The van der Waals surface area contributed by atoms with Gasteiger partial charge >= 0.3 is 0 Å². The van der Waals surface area contributed by atoms with Crippen molar-refractivity contribution < 1.29 is 0 Å². The highest BCUT2D eigenvalue weighted by molar-refractivity contribution is 5.65. The molecule has 0 saturated heterocycles. The third kappa shape index (κ3) is 3.10. The van der Waals surface area contributed by atoms with Crippen LogP contribution in [0.5, 0.6) is 0 Å². The number of nitrogen functional groups attached to an aromatic ring is 1. The van der Waals surface area contributed by atoms with Crippen molar-refractivity contribution in [2.45, 2.75) is 72.4 Å². The van der Waals surface area contributed by atoms with E-state index in [1.54, 1.807) is 0 Å². The highest BCUT2D eigenvalue weighted by atomic mass is 15.3. The Hall–Kier alpha value is -1.19. The van der Waals surface area contributed by atoms with Gasteiger partial charge in [-0.2, -0.15) is 5.10 Å². The predicted octanol–water partition coefficient (Wildman–Crippen LogP) is 3.81. The van der Waals surface area contributed by atoms with Gasteiger partial charge in [-0.05, 0) is 38.0 Å². The summed E-state index contributed by atoms with van der Waals surface area (Å²) in [5, 5.41) is 8.29. The van der Waals surface area contributed by atoms with Crippen molar-refractivity contribution in [1.29, 1.82) is 0 Å². The van der Waals surface area contributed by atoms with Crippen LogP contribution >= 0.6 is 0 Å². The molecule has 1 heterocycles. The summed E-state index contributed by atoms with van der Waals surface area (Å²) in [5.74, 6) is 2.51. The number of anilines is 2. The fourth-order valence-corrected chi connectivity index (χ4v) is 3.43. The Morgan fingerprint density at radius 2 is 2.05 bits per heavy atom. The van der Waals surface area contributed by atoms with Crippen molar-refractivity contribution in [3.8, 4) is 0 Å². The third-order valence-corrected chi connectivity index (χ3v) is 4.61. The van der Waals surface area contributed by atoms with Crippen molar-refractivity contribution >= 4 is 11.5 Å². The summed E-state index contributed by atoms with van der Waals surface area (Å²) < 4.78 is 2.05. The molecule has 3 N–H and O–H groups in total. The summed E-state index contributed by atoms with van der Waals surface area (Å²) in [7, 11) is 0. The number of aryl methyl sites for hydroxylation is 2. The van der Waals surface area contributed by atoms with Crippen LogP contribution < -0.4 is 11.1 Å². The number of nitrogens with two attached hydrogens (primary N) is 1. The monoisotopic (exact) mass is 278 g/mol. The Morgan fingerprint density at radius 3 is 2.70 bits per heavy atom. The maximum Gasteiger partial charge on any atom is 0.148 e. The van der Waals surface area contributed by atoms with Crippen LogP contribution in [0.4, 0.5) is 11.5 Å². The first-order chi connectivity index (χ1) is 9.54. The lowest BCUT2D eigenvalue weighted by Crippen LogP contribution is -2.36. The topological polar surface area (TPSA) is 55.9 Å². The van der Waals surface area contributed by atoms with Crippen molar-refractivity contribution in [3.63, 3.8) is 0 Å². The van der Waals surface area contributed by atoms with Gasteiger partial charge in [-0.15, -0.1) is 0 Å². The van der Waals surface area contributed by atoms with Crippen LogP contribution in [0.25, 0.3) is 0 Å². The van der Waals surface area contributed by atoms with Crippen LogP contribution in [0.2, 0.25) is 0 Å². The standard InChI is InChI=1S/C16H30N4/c1-5-10-20-16(15(17)12(4)19-20)18-14-9-7-6-8-13(14)11(2)3/h11,13-14,18H,5-10,17H2,1-4H3. The van der Waals surface area contributed by atoms with Gasteiger partial charge in [-0.1, -0.05) is 33.6 Å². The molecule has 1 saturated carbocycles. The zero-order chi connectivity index (χ0) is 14.7. The minimum atomic E-state index is 0.540. The average Bonchev–Trinajstić information content (AvgIpc) is 2.67. The highest BCUT2D eigenvalue weighted by Crippen LogP contribution is 2.34. The van der Waals surface area contributed by atoms with Gasteiger partial charge in [0.2, 0.25) is 0 Å². The van der Waals surface area contributed by atoms with E-state index >= 15 is 0 Å². The number of nitrogens with zero attached hydrogens (tertiary/aromatic N) is 2. The summed E-state index contributed by atoms with van der Waals surface area (Å²) in [6, 6.07) is 0.540. The molecule has 0 aromatic carbocycles. The third-order valence-electron chi connectivity index (χ3n) is 4.61. The minimum absolute atomic E-state index is 0.540. The van der Waals surface area contributed by atoms with Crippen LogP contribution in [0.3, 0.4) is 0 Å². The largest absolute Gasteiger partial charge is 0.394 e. The van der Waals surface area contributed by atoms with Gasteiger partial charge in [-0.25, -0.2) is 4.68 Å². The van der Waals surface area contributed by atoms with Gasteiger partial charge in [0.05, 0.1) is 11.4 Å². The molecule has 0 amide bonds. The molecule has 4 heteroatoms. The van der Waals surface area contributed by atoms with Gasteiger partial charge in [0, 0.05) is 12.6 Å². The first-order valence-corrected chi connectivity index (χ1v) is 8.14. The molecular weight excluding hydrogens is 248 g/mol. The van der Waals surface area contributed by atoms with E-state index in [0.29, 0.717) is 6.04 Å². The van der Waals surface area contributed by atoms with Crippen molar-refractivity contribution in [2.75, 3.05) is 11.1 Å². The number of hydrogen-bond acceptors (Lipinski definition) is 3. The van der Waals surface area contributed by atoms with E-state index in [-0.39, 0.29) is 0 Å². The Morgan fingerprint density at radius 1 is 1.35 bits per heavy atom. The van der Waals surface area contributed by atoms with Gasteiger partial charge in [0.25, 0.3) is 0 Å². The molecule has 2 unspecified atom stereocenters. The molecule has 0 aliphatic heterocycles. The van der Waals surface area contributed by atoms with Crippen LogP contribution in [0, 0.1) is 18.8 Å². The van der Waals surface area contributed by atoms with E-state index in [9.17, 15) is 0 Å². The van der Waals surface area contributed by atoms with Crippen LogP contribution in [-0.2, 0) is 6.54 Å². The lowest BCUT2D eigenvalue weighted by Gasteiger charge is -2.35. The van der Waals surface area contributed by atoms with E-state index in [1.807, 2.05) is 6.92 Å². The summed E-state index contributed by atoms with van der Waals surface area (Å²) in [4.78, 5) is 0. The van der Waals surface area contributed by atoms with Gasteiger partial charge in [-0.3, -0.25) is 0 Å². The zero-order valence-corrected chi connectivity index (χ0v) is 13.4. The second kappa shape index (κ2) is 6.51. The normalized spacial score (nSPS) is 23.2. The fraction of sp³-hybridized carbons (Fsp3) is 0.812. The van der Waals surface area contributed by atoms with Gasteiger partial charge in [0.1, 0.15) is 5.82 Å². The number of rotatable bonds is 5. The number of hydrogen-bond donors (Lipinski definition) is 2. The lowest BCUT2D eigenvalue weighted by molar-refractivity contribution is 0.253. The molecule has 1 aliphatic carbocycles. The van der Waals surface area contributed by atoms with E-state index in [2.05, 4.69) is 35.9 Å². The smallest absolute Gasteiger partial charge is 0.148 e. The highest BCUT2D eigenvalue weighted by Gasteiger charge is 2.29. The fourth-order valence-electron chi connectivity index (χ4n) is 3.43. The molecule has 1 aromatic heterocycles. The van der Waals surface area contributed by atoms with Crippen LogP contribution in [0.1, 0.15) is 58.6 Å². The molecule has 2 atom stereocenters. The van der Waals surface area contributed by atoms with Crippen molar-refractivity contribution in [2.24, 2.45) is 11.8 Å². The molecule has 114 valence electrons. The minimum Gasteiger partial charge on any atom is -0.394 e. The molecule has 0 bridgehead atoms. The Bertz CT molecular complexity index is 436. The number of aromatic nitrogens is 2. The van der Waals surface area contributed by atoms with Crippen molar-refractivity contribution in [1.82, 2.24) is 9.78 Å². The van der Waals surface area contributed by atoms with Crippen LogP contribution in [0.15, 0.2) is 0 Å².